The van der Waals surface area contributed by atoms with Gasteiger partial charge in [-0.1, -0.05) is 6.07 Å². The van der Waals surface area contributed by atoms with Gasteiger partial charge in [0.1, 0.15) is 0 Å². The van der Waals surface area contributed by atoms with Crippen LogP contribution in [-0.4, -0.2) is 60.1 Å². The third kappa shape index (κ3) is 4.05. The van der Waals surface area contributed by atoms with Gasteiger partial charge in [0.05, 0.1) is 9.77 Å². The minimum Gasteiger partial charge on any atom is -0.356 e. The molecule has 1 fully saturated rings. The van der Waals surface area contributed by atoms with Crippen LogP contribution >= 0.6 is 11.3 Å². The average Bonchev–Trinajstić information content (AvgIpc) is 3.31. The van der Waals surface area contributed by atoms with Crippen molar-refractivity contribution in [3.63, 3.8) is 0 Å². The van der Waals surface area contributed by atoms with E-state index in [2.05, 4.69) is 0 Å². The summed E-state index contributed by atoms with van der Waals surface area (Å²) < 4.78 is 28.3. The van der Waals surface area contributed by atoms with Crippen molar-refractivity contribution in [3.8, 4) is 0 Å². The SMILES string of the molecule is Cn1ccc(S(=O)(=O)N2CCN(C(=O)CCC(=O)c3cccs3)CC2)c1. The van der Waals surface area contributed by atoms with Crippen LogP contribution in [0.2, 0.25) is 0 Å². The molecule has 2 aromatic heterocycles. The molecule has 140 valence electrons. The van der Waals surface area contributed by atoms with Crippen molar-refractivity contribution in [1.29, 1.82) is 0 Å². The van der Waals surface area contributed by atoms with Crippen LogP contribution in [0.15, 0.2) is 40.9 Å². The molecule has 0 spiro atoms. The summed E-state index contributed by atoms with van der Waals surface area (Å²) in [4.78, 5) is 26.9. The lowest BCUT2D eigenvalue weighted by Gasteiger charge is -2.33. The first-order valence-electron chi connectivity index (χ1n) is 8.34. The van der Waals surface area contributed by atoms with Gasteiger partial charge in [0.15, 0.2) is 5.78 Å². The molecule has 2 aromatic rings. The lowest BCUT2D eigenvalue weighted by atomic mass is 10.1. The third-order valence-corrected chi connectivity index (χ3v) is 7.19. The van der Waals surface area contributed by atoms with Gasteiger partial charge in [-0.05, 0) is 17.5 Å². The van der Waals surface area contributed by atoms with Crippen molar-refractivity contribution in [3.05, 3.63) is 40.8 Å². The van der Waals surface area contributed by atoms with E-state index in [0.29, 0.717) is 18.0 Å². The van der Waals surface area contributed by atoms with E-state index in [0.717, 1.165) is 0 Å². The second-order valence-corrected chi connectivity index (χ2v) is 9.08. The minimum atomic E-state index is -3.52. The Morgan fingerprint density at radius 3 is 2.42 bits per heavy atom. The highest BCUT2D eigenvalue weighted by molar-refractivity contribution is 7.89. The number of aryl methyl sites for hydroxylation is 1. The molecule has 1 amide bonds. The number of aromatic nitrogens is 1. The van der Waals surface area contributed by atoms with Gasteiger partial charge >= 0.3 is 0 Å². The fourth-order valence-electron chi connectivity index (χ4n) is 2.90. The number of amides is 1. The Bertz CT molecular complexity index is 879. The van der Waals surface area contributed by atoms with Crippen LogP contribution in [0, 0.1) is 0 Å². The van der Waals surface area contributed by atoms with Gasteiger partial charge < -0.3 is 9.47 Å². The molecular formula is C17H21N3O4S2. The number of ketones is 1. The highest BCUT2D eigenvalue weighted by Crippen LogP contribution is 2.18. The molecular weight excluding hydrogens is 374 g/mol. The summed E-state index contributed by atoms with van der Waals surface area (Å²) in [5.41, 5.74) is 0. The first-order valence-corrected chi connectivity index (χ1v) is 10.7. The molecule has 3 heterocycles. The number of carbonyl (C=O) groups excluding carboxylic acids is 2. The first-order chi connectivity index (χ1) is 12.4. The zero-order valence-electron chi connectivity index (χ0n) is 14.5. The van der Waals surface area contributed by atoms with E-state index in [9.17, 15) is 18.0 Å². The third-order valence-electron chi connectivity index (χ3n) is 4.40. The molecule has 9 heteroatoms. The lowest BCUT2D eigenvalue weighted by molar-refractivity contribution is -0.132. The van der Waals surface area contributed by atoms with E-state index in [4.69, 9.17) is 0 Å². The van der Waals surface area contributed by atoms with E-state index in [1.807, 2.05) is 11.4 Å². The second kappa shape index (κ2) is 7.73. The largest absolute Gasteiger partial charge is 0.356 e. The van der Waals surface area contributed by atoms with Crippen LogP contribution in [-0.2, 0) is 21.9 Å². The van der Waals surface area contributed by atoms with E-state index in [1.165, 1.54) is 15.6 Å². The average molecular weight is 396 g/mol. The Morgan fingerprint density at radius 1 is 1.12 bits per heavy atom. The molecule has 0 saturated carbocycles. The standard InChI is InChI=1S/C17H21N3O4S2/c1-18-7-6-14(13-18)26(23,24)20-10-8-19(9-11-20)17(22)5-4-15(21)16-3-2-12-25-16/h2-3,6-7,12-13H,4-5,8-11H2,1H3. The molecule has 0 radical (unpaired) electrons. The van der Waals surface area contributed by atoms with Crippen molar-refractivity contribution in [2.45, 2.75) is 17.7 Å². The number of nitrogens with zero attached hydrogens (tertiary/aromatic N) is 3. The molecule has 0 aliphatic carbocycles. The molecule has 1 aliphatic rings. The predicted octanol–water partition coefficient (Wildman–Crippen LogP) is 1.58. The maximum atomic E-state index is 12.6. The summed E-state index contributed by atoms with van der Waals surface area (Å²) in [5, 5.41) is 1.83. The first kappa shape index (κ1) is 18.8. The summed E-state index contributed by atoms with van der Waals surface area (Å²) in [6, 6.07) is 5.14. The zero-order chi connectivity index (χ0) is 18.7. The number of sulfonamides is 1. The van der Waals surface area contributed by atoms with E-state index >= 15 is 0 Å². The maximum absolute atomic E-state index is 12.6. The van der Waals surface area contributed by atoms with Crippen molar-refractivity contribution in [2.75, 3.05) is 26.2 Å². The number of hydrogen-bond donors (Lipinski definition) is 0. The number of thiophene rings is 1. The maximum Gasteiger partial charge on any atom is 0.244 e. The molecule has 0 atom stereocenters. The van der Waals surface area contributed by atoms with E-state index < -0.39 is 10.0 Å². The Balaban J connectivity index is 1.51. The topological polar surface area (TPSA) is 79.7 Å². The van der Waals surface area contributed by atoms with Crippen LogP contribution in [0.25, 0.3) is 0 Å². The smallest absolute Gasteiger partial charge is 0.244 e. The zero-order valence-corrected chi connectivity index (χ0v) is 16.1. The highest BCUT2D eigenvalue weighted by Gasteiger charge is 2.30. The summed E-state index contributed by atoms with van der Waals surface area (Å²) >= 11 is 1.37. The number of Topliss-reactive ketones (excluding diaryl/α,β-unsaturated/α-hetero) is 1. The number of hydrogen-bond acceptors (Lipinski definition) is 5. The number of rotatable bonds is 6. The summed E-state index contributed by atoms with van der Waals surface area (Å²) in [6.07, 6.45) is 3.60. The van der Waals surface area contributed by atoms with Gasteiger partial charge in [0.2, 0.25) is 15.9 Å². The monoisotopic (exact) mass is 395 g/mol. The quantitative estimate of drug-likeness (QED) is 0.696. The molecule has 26 heavy (non-hydrogen) atoms. The van der Waals surface area contributed by atoms with Gasteiger partial charge in [0.25, 0.3) is 0 Å². The van der Waals surface area contributed by atoms with Crippen LogP contribution in [0.3, 0.4) is 0 Å². The molecule has 1 aliphatic heterocycles. The summed E-state index contributed by atoms with van der Waals surface area (Å²) in [7, 11) is -1.75. The Hall–Kier alpha value is -1.97. The van der Waals surface area contributed by atoms with E-state index in [1.54, 1.807) is 41.0 Å². The van der Waals surface area contributed by atoms with Gasteiger partial charge in [-0.3, -0.25) is 9.59 Å². The van der Waals surface area contributed by atoms with E-state index in [-0.39, 0.29) is 42.5 Å². The number of carbonyl (C=O) groups is 2. The Labute approximate surface area is 156 Å². The van der Waals surface area contributed by atoms with Crippen LogP contribution in [0.1, 0.15) is 22.5 Å². The predicted molar refractivity (Wildman–Crippen MR) is 98.6 cm³/mol. The number of piperazine rings is 1. The van der Waals surface area contributed by atoms with Crippen molar-refractivity contribution in [2.24, 2.45) is 7.05 Å². The molecule has 7 nitrogen and oxygen atoms in total. The normalized spacial score (nSPS) is 16.0. The molecule has 3 rings (SSSR count). The fraction of sp³-hybridized carbons (Fsp3) is 0.412. The van der Waals surface area contributed by atoms with Crippen LogP contribution in [0.4, 0.5) is 0 Å². The van der Waals surface area contributed by atoms with Gasteiger partial charge in [0, 0.05) is 58.5 Å². The summed E-state index contributed by atoms with van der Waals surface area (Å²) in [6.45, 7) is 1.22. The highest BCUT2D eigenvalue weighted by atomic mass is 32.2. The second-order valence-electron chi connectivity index (χ2n) is 6.20. The molecule has 0 unspecified atom stereocenters. The van der Waals surface area contributed by atoms with Crippen molar-refractivity contribution >= 4 is 33.1 Å². The summed E-state index contributed by atoms with van der Waals surface area (Å²) in [5.74, 6) is -0.134. The van der Waals surface area contributed by atoms with Gasteiger partial charge in [-0.25, -0.2) is 8.42 Å². The molecule has 1 saturated heterocycles. The van der Waals surface area contributed by atoms with Crippen molar-refractivity contribution < 1.29 is 18.0 Å². The molecule has 0 aromatic carbocycles. The fourth-order valence-corrected chi connectivity index (χ4v) is 5.07. The van der Waals surface area contributed by atoms with Crippen LogP contribution in [0.5, 0.6) is 0 Å². The lowest BCUT2D eigenvalue weighted by Crippen LogP contribution is -2.50. The van der Waals surface area contributed by atoms with Gasteiger partial charge in [-0.15, -0.1) is 11.3 Å². The Kier molecular flexibility index (Phi) is 5.59. The molecule has 0 bridgehead atoms. The minimum absolute atomic E-state index is 0.0290. The molecule has 0 N–H and O–H groups in total. The van der Waals surface area contributed by atoms with Crippen LogP contribution < -0.4 is 0 Å². The Morgan fingerprint density at radius 2 is 1.85 bits per heavy atom. The van der Waals surface area contributed by atoms with Crippen molar-refractivity contribution in [1.82, 2.24) is 13.8 Å². The van der Waals surface area contributed by atoms with Gasteiger partial charge in [-0.2, -0.15) is 4.31 Å².